The van der Waals surface area contributed by atoms with E-state index in [2.05, 4.69) is 20.8 Å². The third-order valence-corrected chi connectivity index (χ3v) is 2.70. The van der Waals surface area contributed by atoms with Crippen LogP contribution in [0.5, 0.6) is 0 Å². The summed E-state index contributed by atoms with van der Waals surface area (Å²) in [4.78, 5) is 0. The van der Waals surface area contributed by atoms with Gasteiger partial charge in [-0.25, -0.2) is 0 Å². The van der Waals surface area contributed by atoms with E-state index in [1.54, 1.807) is 0 Å². The highest BCUT2D eigenvalue weighted by Gasteiger charge is 2.30. The molecule has 1 rings (SSSR count). The number of hydrogen-bond donors (Lipinski definition) is 1. The zero-order valence-corrected chi connectivity index (χ0v) is 7.35. The first kappa shape index (κ1) is 8.06. The fourth-order valence-corrected chi connectivity index (χ4v) is 1.80. The summed E-state index contributed by atoms with van der Waals surface area (Å²) in [5, 5.41) is 0. The van der Waals surface area contributed by atoms with Crippen molar-refractivity contribution in [3.63, 3.8) is 0 Å². The first-order valence-corrected chi connectivity index (χ1v) is 4.26. The molecular weight excluding hydrogens is 122 g/mol. The molecule has 0 spiro atoms. The predicted molar refractivity (Wildman–Crippen MR) is 44.8 cm³/mol. The Morgan fingerprint density at radius 3 is 2.00 bits per heavy atom. The van der Waals surface area contributed by atoms with E-state index in [9.17, 15) is 0 Å². The van der Waals surface area contributed by atoms with Gasteiger partial charge in [-0.15, -0.1) is 0 Å². The summed E-state index contributed by atoms with van der Waals surface area (Å²) in [6, 6.07) is 0.490. The average Bonchev–Trinajstić information content (AvgIpc) is 2.11. The van der Waals surface area contributed by atoms with Gasteiger partial charge in [0.1, 0.15) is 0 Å². The van der Waals surface area contributed by atoms with Crippen molar-refractivity contribution in [3.05, 3.63) is 0 Å². The van der Waals surface area contributed by atoms with Crippen LogP contribution in [0.1, 0.15) is 40.0 Å². The highest BCUT2D eigenvalue weighted by molar-refractivity contribution is 4.84. The van der Waals surface area contributed by atoms with E-state index in [1.165, 1.54) is 19.3 Å². The van der Waals surface area contributed by atoms with Crippen LogP contribution in [-0.4, -0.2) is 6.04 Å². The lowest BCUT2D eigenvalue weighted by molar-refractivity contribution is 0.244. The summed E-state index contributed by atoms with van der Waals surface area (Å²) in [5.41, 5.74) is 6.30. The average molecular weight is 141 g/mol. The lowest BCUT2D eigenvalue weighted by Gasteiger charge is -2.26. The Morgan fingerprint density at radius 2 is 1.80 bits per heavy atom. The Morgan fingerprint density at radius 1 is 1.20 bits per heavy atom. The van der Waals surface area contributed by atoms with Crippen LogP contribution >= 0.6 is 0 Å². The van der Waals surface area contributed by atoms with Gasteiger partial charge in [-0.1, -0.05) is 20.8 Å². The van der Waals surface area contributed by atoms with Crippen molar-refractivity contribution in [3.8, 4) is 0 Å². The second kappa shape index (κ2) is 2.54. The predicted octanol–water partition coefficient (Wildman–Crippen LogP) is 2.16. The summed E-state index contributed by atoms with van der Waals surface area (Å²) < 4.78 is 0. The zero-order chi connectivity index (χ0) is 7.78. The molecule has 2 atom stereocenters. The van der Waals surface area contributed by atoms with Crippen LogP contribution in [0.2, 0.25) is 0 Å². The summed E-state index contributed by atoms with van der Waals surface area (Å²) in [6.45, 7) is 6.95. The highest BCUT2D eigenvalue weighted by Crippen LogP contribution is 2.38. The van der Waals surface area contributed by atoms with Gasteiger partial charge in [-0.05, 0) is 30.6 Å². The minimum Gasteiger partial charge on any atom is -0.328 e. The van der Waals surface area contributed by atoms with Crippen LogP contribution in [0.3, 0.4) is 0 Å². The van der Waals surface area contributed by atoms with Crippen LogP contribution in [0.25, 0.3) is 0 Å². The van der Waals surface area contributed by atoms with Gasteiger partial charge in [0.2, 0.25) is 0 Å². The SMILES string of the molecule is CC(C)(C)[C@@H]1CCC(N)C1. The van der Waals surface area contributed by atoms with Gasteiger partial charge in [0.25, 0.3) is 0 Å². The Labute approximate surface area is 64.0 Å². The molecule has 0 aromatic rings. The lowest BCUT2D eigenvalue weighted by atomic mass is 9.80. The second-order valence-electron chi connectivity index (χ2n) is 4.64. The van der Waals surface area contributed by atoms with Crippen molar-refractivity contribution in [2.45, 2.75) is 46.1 Å². The van der Waals surface area contributed by atoms with E-state index < -0.39 is 0 Å². The van der Waals surface area contributed by atoms with E-state index >= 15 is 0 Å². The molecule has 0 aliphatic heterocycles. The van der Waals surface area contributed by atoms with Crippen LogP contribution in [0.4, 0.5) is 0 Å². The minimum absolute atomic E-state index is 0.480. The maximum Gasteiger partial charge on any atom is 0.00417 e. The molecule has 0 saturated heterocycles. The second-order valence-corrected chi connectivity index (χ2v) is 4.64. The fourth-order valence-electron chi connectivity index (χ4n) is 1.80. The summed E-state index contributed by atoms with van der Waals surface area (Å²) in [5.74, 6) is 0.863. The number of nitrogens with two attached hydrogens (primary N) is 1. The maximum absolute atomic E-state index is 5.82. The first-order valence-electron chi connectivity index (χ1n) is 4.26. The van der Waals surface area contributed by atoms with Crippen LogP contribution in [-0.2, 0) is 0 Å². The normalized spacial score (nSPS) is 34.8. The van der Waals surface area contributed by atoms with Crippen molar-refractivity contribution in [1.82, 2.24) is 0 Å². The van der Waals surface area contributed by atoms with Gasteiger partial charge in [-0.2, -0.15) is 0 Å². The fraction of sp³-hybridized carbons (Fsp3) is 1.00. The Bertz CT molecular complexity index is 112. The standard InChI is InChI=1S/C9H19N/c1-9(2,3)7-4-5-8(10)6-7/h7-8H,4-6,10H2,1-3H3/t7-,8?/m1/s1. The molecule has 1 fully saturated rings. The molecule has 0 heterocycles. The van der Waals surface area contributed by atoms with E-state index in [0.29, 0.717) is 11.5 Å². The summed E-state index contributed by atoms with van der Waals surface area (Å²) >= 11 is 0. The molecule has 0 aromatic carbocycles. The maximum atomic E-state index is 5.82. The molecule has 0 amide bonds. The monoisotopic (exact) mass is 141 g/mol. The van der Waals surface area contributed by atoms with Crippen molar-refractivity contribution >= 4 is 0 Å². The van der Waals surface area contributed by atoms with Crippen LogP contribution in [0.15, 0.2) is 0 Å². The molecule has 0 aromatic heterocycles. The molecule has 1 aliphatic carbocycles. The third kappa shape index (κ3) is 1.72. The smallest absolute Gasteiger partial charge is 0.00417 e. The topological polar surface area (TPSA) is 26.0 Å². The molecule has 0 bridgehead atoms. The van der Waals surface area contributed by atoms with Gasteiger partial charge in [0.15, 0.2) is 0 Å². The summed E-state index contributed by atoms with van der Waals surface area (Å²) in [6.07, 6.45) is 3.82. The lowest BCUT2D eigenvalue weighted by Crippen LogP contribution is -2.21. The Kier molecular flexibility index (Phi) is 2.04. The zero-order valence-electron chi connectivity index (χ0n) is 7.35. The molecule has 0 radical (unpaired) electrons. The van der Waals surface area contributed by atoms with Gasteiger partial charge in [0.05, 0.1) is 0 Å². The molecule has 1 heteroatoms. The molecule has 1 nitrogen and oxygen atoms in total. The van der Waals surface area contributed by atoms with Gasteiger partial charge < -0.3 is 5.73 Å². The number of rotatable bonds is 0. The summed E-state index contributed by atoms with van der Waals surface area (Å²) in [7, 11) is 0. The Balaban J connectivity index is 2.45. The van der Waals surface area contributed by atoms with Crippen LogP contribution < -0.4 is 5.73 Å². The van der Waals surface area contributed by atoms with Crippen molar-refractivity contribution < 1.29 is 0 Å². The quantitative estimate of drug-likeness (QED) is 0.549. The first-order chi connectivity index (χ1) is 4.50. The van der Waals surface area contributed by atoms with E-state index in [0.717, 1.165) is 5.92 Å². The minimum atomic E-state index is 0.480. The molecular formula is C9H19N. The van der Waals surface area contributed by atoms with Gasteiger partial charge in [-0.3, -0.25) is 0 Å². The van der Waals surface area contributed by atoms with Gasteiger partial charge in [0, 0.05) is 6.04 Å². The largest absolute Gasteiger partial charge is 0.328 e. The Hall–Kier alpha value is -0.0400. The van der Waals surface area contributed by atoms with E-state index in [4.69, 9.17) is 5.73 Å². The molecule has 1 aliphatic rings. The molecule has 10 heavy (non-hydrogen) atoms. The molecule has 1 saturated carbocycles. The van der Waals surface area contributed by atoms with Crippen molar-refractivity contribution in [1.29, 1.82) is 0 Å². The number of hydrogen-bond acceptors (Lipinski definition) is 1. The van der Waals surface area contributed by atoms with Crippen molar-refractivity contribution in [2.75, 3.05) is 0 Å². The van der Waals surface area contributed by atoms with Crippen LogP contribution in [0, 0.1) is 11.3 Å². The van der Waals surface area contributed by atoms with E-state index in [1.807, 2.05) is 0 Å². The highest BCUT2D eigenvalue weighted by atomic mass is 14.7. The molecule has 2 N–H and O–H groups in total. The van der Waals surface area contributed by atoms with Crippen molar-refractivity contribution in [2.24, 2.45) is 17.1 Å². The van der Waals surface area contributed by atoms with E-state index in [-0.39, 0.29) is 0 Å². The van der Waals surface area contributed by atoms with Gasteiger partial charge >= 0.3 is 0 Å². The third-order valence-electron chi connectivity index (χ3n) is 2.70. The molecule has 60 valence electrons. The molecule has 1 unspecified atom stereocenters.